The first-order valence-electron chi connectivity index (χ1n) is 6.07. The fourth-order valence-corrected chi connectivity index (χ4v) is 2.38. The zero-order valence-corrected chi connectivity index (χ0v) is 14.1. The Labute approximate surface area is 138 Å². The van der Waals surface area contributed by atoms with Crippen molar-refractivity contribution in [2.24, 2.45) is 10.2 Å². The molecule has 0 aliphatic rings. The maximum Gasteiger partial charge on any atom is 0.286 e. The summed E-state index contributed by atoms with van der Waals surface area (Å²) < 4.78 is -1.88. The van der Waals surface area contributed by atoms with Crippen molar-refractivity contribution in [1.82, 2.24) is 0 Å². The number of Topliss-reactive ketones (excluding diaryl/α,β-unsaturated/α-hetero) is 1. The highest BCUT2D eigenvalue weighted by Crippen LogP contribution is 2.35. The Morgan fingerprint density at radius 3 is 2.50 bits per heavy atom. The van der Waals surface area contributed by atoms with Crippen LogP contribution in [0.15, 0.2) is 22.4 Å². The normalized spacial score (nSPS) is 12.1. The molecule has 1 aromatic carbocycles. The van der Waals surface area contributed by atoms with Crippen molar-refractivity contribution in [3.63, 3.8) is 0 Å². The standard InChI is InChI=1S/C13H14Cl4N2O/c1-3-4-5-11(20)13(16,17)19-18-12-8(2)6-9(14)7-10(12)15/h6-7H,3-5H2,1-2H3. The van der Waals surface area contributed by atoms with Crippen molar-refractivity contribution in [2.75, 3.05) is 0 Å². The number of carbonyl (C=O) groups excluding carboxylic acids is 1. The first-order valence-corrected chi connectivity index (χ1v) is 7.58. The van der Waals surface area contributed by atoms with E-state index in [4.69, 9.17) is 46.4 Å². The number of rotatable bonds is 6. The van der Waals surface area contributed by atoms with E-state index >= 15 is 0 Å². The van der Waals surface area contributed by atoms with Crippen LogP contribution in [-0.4, -0.2) is 10.2 Å². The lowest BCUT2D eigenvalue weighted by atomic mass is 10.2. The Morgan fingerprint density at radius 1 is 1.30 bits per heavy atom. The molecule has 0 heterocycles. The number of nitrogens with zero attached hydrogens (tertiary/aromatic N) is 2. The van der Waals surface area contributed by atoms with Crippen LogP contribution in [0.5, 0.6) is 0 Å². The molecule has 0 radical (unpaired) electrons. The Kier molecular flexibility index (Phi) is 6.73. The van der Waals surface area contributed by atoms with Gasteiger partial charge in [-0.1, -0.05) is 59.7 Å². The number of benzene rings is 1. The molecule has 1 rings (SSSR count). The third-order valence-electron chi connectivity index (χ3n) is 2.59. The van der Waals surface area contributed by atoms with Crippen molar-refractivity contribution in [3.05, 3.63) is 27.7 Å². The lowest BCUT2D eigenvalue weighted by molar-refractivity contribution is -0.119. The average molecular weight is 356 g/mol. The minimum absolute atomic E-state index is 0.260. The molecule has 0 unspecified atom stereocenters. The second-order valence-corrected chi connectivity index (χ2v) is 6.45. The van der Waals surface area contributed by atoms with Gasteiger partial charge in [-0.3, -0.25) is 4.79 Å². The molecule has 0 spiro atoms. The topological polar surface area (TPSA) is 41.8 Å². The van der Waals surface area contributed by atoms with Crippen LogP contribution in [0.1, 0.15) is 31.7 Å². The van der Waals surface area contributed by atoms with Gasteiger partial charge in [0.15, 0.2) is 5.78 Å². The summed E-state index contributed by atoms with van der Waals surface area (Å²) in [5.41, 5.74) is 1.11. The maximum atomic E-state index is 11.8. The minimum atomic E-state index is -1.88. The van der Waals surface area contributed by atoms with E-state index in [0.29, 0.717) is 22.2 Å². The second-order valence-electron chi connectivity index (χ2n) is 4.32. The quantitative estimate of drug-likeness (QED) is 0.336. The number of carbonyl (C=O) groups is 1. The summed E-state index contributed by atoms with van der Waals surface area (Å²) in [4.78, 5) is 11.8. The van der Waals surface area contributed by atoms with E-state index in [1.165, 1.54) is 6.07 Å². The number of alkyl halides is 2. The SMILES string of the molecule is CCCCC(=O)C(Cl)(Cl)N=Nc1c(C)cc(Cl)cc1Cl. The van der Waals surface area contributed by atoms with Crippen LogP contribution in [0.4, 0.5) is 5.69 Å². The molecule has 0 amide bonds. The van der Waals surface area contributed by atoms with E-state index in [9.17, 15) is 4.79 Å². The number of unbranched alkanes of at least 4 members (excludes halogenated alkanes) is 1. The van der Waals surface area contributed by atoms with E-state index < -0.39 is 4.46 Å². The number of hydrogen-bond donors (Lipinski definition) is 0. The predicted molar refractivity (Wildman–Crippen MR) is 84.7 cm³/mol. The van der Waals surface area contributed by atoms with Gasteiger partial charge in [0.2, 0.25) is 0 Å². The van der Waals surface area contributed by atoms with Crippen LogP contribution in [0.3, 0.4) is 0 Å². The number of aryl methyl sites for hydroxylation is 1. The lowest BCUT2D eigenvalue weighted by Crippen LogP contribution is -2.22. The van der Waals surface area contributed by atoms with Gasteiger partial charge >= 0.3 is 0 Å². The number of halogens is 4. The molecule has 1 aromatic rings. The average Bonchev–Trinajstić information content (AvgIpc) is 2.34. The molecule has 0 fully saturated rings. The van der Waals surface area contributed by atoms with Gasteiger partial charge in [0, 0.05) is 11.4 Å². The molecular formula is C13H14Cl4N2O. The highest BCUT2D eigenvalue weighted by atomic mass is 35.5. The van der Waals surface area contributed by atoms with Crippen LogP contribution in [0.2, 0.25) is 10.0 Å². The van der Waals surface area contributed by atoms with E-state index in [0.717, 1.165) is 12.0 Å². The van der Waals surface area contributed by atoms with E-state index in [1.807, 2.05) is 6.92 Å². The summed E-state index contributed by atoms with van der Waals surface area (Å²) in [7, 11) is 0. The first kappa shape index (κ1) is 17.7. The Bertz CT molecular complexity index is 506. The highest BCUT2D eigenvalue weighted by Gasteiger charge is 2.32. The largest absolute Gasteiger partial charge is 0.294 e. The Balaban J connectivity index is 2.94. The predicted octanol–water partition coefficient (Wildman–Crippen LogP) is 6.28. The molecule has 110 valence electrons. The molecule has 0 saturated heterocycles. The van der Waals surface area contributed by atoms with Crippen molar-refractivity contribution in [3.8, 4) is 0 Å². The molecular weight excluding hydrogens is 342 g/mol. The van der Waals surface area contributed by atoms with Crippen LogP contribution >= 0.6 is 46.4 Å². The molecule has 0 atom stereocenters. The molecule has 0 aromatic heterocycles. The Hall–Kier alpha value is -0.350. The van der Waals surface area contributed by atoms with E-state index in [1.54, 1.807) is 13.0 Å². The van der Waals surface area contributed by atoms with Gasteiger partial charge in [-0.25, -0.2) is 0 Å². The minimum Gasteiger partial charge on any atom is -0.294 e. The molecule has 0 aliphatic heterocycles. The Morgan fingerprint density at radius 2 is 1.95 bits per heavy atom. The summed E-state index contributed by atoms with van der Waals surface area (Å²) in [6, 6.07) is 3.22. The van der Waals surface area contributed by atoms with Gasteiger partial charge < -0.3 is 0 Å². The second kappa shape index (κ2) is 7.60. The lowest BCUT2D eigenvalue weighted by Gasteiger charge is -2.11. The molecule has 0 saturated carbocycles. The van der Waals surface area contributed by atoms with Gasteiger partial charge in [-0.05, 0) is 31.0 Å². The van der Waals surface area contributed by atoms with Crippen molar-refractivity contribution in [2.45, 2.75) is 37.6 Å². The smallest absolute Gasteiger partial charge is 0.286 e. The third kappa shape index (κ3) is 4.88. The molecule has 7 heteroatoms. The van der Waals surface area contributed by atoms with Crippen LogP contribution in [0, 0.1) is 6.92 Å². The van der Waals surface area contributed by atoms with Crippen molar-refractivity contribution < 1.29 is 4.79 Å². The van der Waals surface area contributed by atoms with Gasteiger partial charge in [-0.2, -0.15) is 5.11 Å². The van der Waals surface area contributed by atoms with Crippen LogP contribution < -0.4 is 0 Å². The molecule has 0 N–H and O–H groups in total. The number of ketones is 1. The summed E-state index contributed by atoms with van der Waals surface area (Å²) in [5.74, 6) is -0.380. The number of azo groups is 1. The van der Waals surface area contributed by atoms with Gasteiger partial charge in [0.05, 0.1) is 5.02 Å². The monoisotopic (exact) mass is 354 g/mol. The zero-order valence-electron chi connectivity index (χ0n) is 11.1. The summed E-state index contributed by atoms with van der Waals surface area (Å²) in [6.45, 7) is 3.74. The van der Waals surface area contributed by atoms with Gasteiger partial charge in [0.1, 0.15) is 5.69 Å². The molecule has 0 aliphatic carbocycles. The van der Waals surface area contributed by atoms with Crippen molar-refractivity contribution >= 4 is 57.9 Å². The third-order valence-corrected chi connectivity index (χ3v) is 3.67. The molecule has 0 bridgehead atoms. The number of hydrogen-bond acceptors (Lipinski definition) is 3. The van der Waals surface area contributed by atoms with Gasteiger partial charge in [0.25, 0.3) is 4.46 Å². The summed E-state index contributed by atoms with van der Waals surface area (Å²) in [5, 5.41) is 8.42. The molecule has 20 heavy (non-hydrogen) atoms. The fourth-order valence-electron chi connectivity index (χ4n) is 1.48. The van der Waals surface area contributed by atoms with Crippen LogP contribution in [-0.2, 0) is 4.79 Å². The summed E-state index contributed by atoms with van der Waals surface area (Å²) >= 11 is 23.7. The maximum absolute atomic E-state index is 11.8. The van der Waals surface area contributed by atoms with Gasteiger partial charge in [-0.15, -0.1) is 5.11 Å². The summed E-state index contributed by atoms with van der Waals surface area (Å²) in [6.07, 6.45) is 1.83. The van der Waals surface area contributed by atoms with E-state index in [-0.39, 0.29) is 12.2 Å². The van der Waals surface area contributed by atoms with E-state index in [2.05, 4.69) is 10.2 Å². The first-order chi connectivity index (χ1) is 9.27. The zero-order chi connectivity index (χ0) is 15.3. The van der Waals surface area contributed by atoms with Crippen LogP contribution in [0.25, 0.3) is 0 Å². The fraction of sp³-hybridized carbons (Fsp3) is 0.462. The van der Waals surface area contributed by atoms with Crippen molar-refractivity contribution in [1.29, 1.82) is 0 Å². The molecule has 3 nitrogen and oxygen atoms in total. The highest BCUT2D eigenvalue weighted by molar-refractivity contribution is 6.58.